The normalized spacial score (nSPS) is 17.0. The first kappa shape index (κ1) is 12.0. The molecule has 0 atom stereocenters. The van der Waals surface area contributed by atoms with E-state index in [1.54, 1.807) is 7.11 Å². The topological polar surface area (TPSA) is 53.8 Å². The zero-order chi connectivity index (χ0) is 12.3. The first-order valence-electron chi connectivity index (χ1n) is 5.82. The van der Waals surface area contributed by atoms with Crippen molar-refractivity contribution >= 4 is 11.4 Å². The number of anilines is 2. The van der Waals surface area contributed by atoms with Crippen LogP contribution in [-0.4, -0.2) is 45.2 Å². The molecule has 1 aromatic carbocycles. The lowest BCUT2D eigenvalue weighted by Crippen LogP contribution is -2.44. The fourth-order valence-corrected chi connectivity index (χ4v) is 2.06. The minimum Gasteiger partial charge on any atom is -0.494 e. The molecule has 0 spiro atoms. The third kappa shape index (κ3) is 2.62. The van der Waals surface area contributed by atoms with E-state index in [0.29, 0.717) is 0 Å². The van der Waals surface area contributed by atoms with Gasteiger partial charge >= 0.3 is 0 Å². The number of ether oxygens (including phenoxy) is 1. The van der Waals surface area contributed by atoms with Crippen LogP contribution in [0.25, 0.3) is 0 Å². The zero-order valence-corrected chi connectivity index (χ0v) is 10.4. The Kier molecular flexibility index (Phi) is 3.71. The lowest BCUT2D eigenvalue weighted by atomic mass is 10.2. The Morgan fingerprint density at radius 3 is 2.53 bits per heavy atom. The number of nitrogens with one attached hydrogen (secondary N) is 1. The Morgan fingerprint density at radius 1 is 1.24 bits per heavy atom. The highest BCUT2D eigenvalue weighted by Gasteiger charge is 2.15. The minimum absolute atomic E-state index is 0.781. The standard InChI is InChI=1S/C12H20N4O/c1-15-5-7-16(8-6-15)10-3-4-11(14-13)12(9-10)17-2/h3-4,9,14H,5-8,13H2,1-2H3. The maximum Gasteiger partial charge on any atom is 0.145 e. The van der Waals surface area contributed by atoms with E-state index in [1.807, 2.05) is 12.1 Å². The summed E-state index contributed by atoms with van der Waals surface area (Å²) >= 11 is 0. The molecule has 1 aliphatic rings. The van der Waals surface area contributed by atoms with Gasteiger partial charge in [-0.25, -0.2) is 0 Å². The molecule has 1 fully saturated rings. The molecule has 1 heterocycles. The number of nitrogen functional groups attached to an aromatic ring is 1. The first-order valence-corrected chi connectivity index (χ1v) is 5.82. The van der Waals surface area contributed by atoms with E-state index in [9.17, 15) is 0 Å². The monoisotopic (exact) mass is 236 g/mol. The highest BCUT2D eigenvalue weighted by Crippen LogP contribution is 2.29. The van der Waals surface area contributed by atoms with E-state index in [1.165, 1.54) is 5.69 Å². The number of rotatable bonds is 3. The Labute approximate surface area is 102 Å². The van der Waals surface area contributed by atoms with E-state index >= 15 is 0 Å². The molecule has 0 unspecified atom stereocenters. The summed E-state index contributed by atoms with van der Waals surface area (Å²) in [5.41, 5.74) is 4.63. The number of nitrogens with two attached hydrogens (primary N) is 1. The van der Waals surface area contributed by atoms with Gasteiger partial charge in [-0.3, -0.25) is 5.84 Å². The van der Waals surface area contributed by atoms with Crippen molar-refractivity contribution < 1.29 is 4.74 Å². The molecule has 3 N–H and O–H groups in total. The molecule has 17 heavy (non-hydrogen) atoms. The summed E-state index contributed by atoms with van der Waals surface area (Å²) in [6.07, 6.45) is 0. The number of hydrogen-bond acceptors (Lipinski definition) is 5. The van der Waals surface area contributed by atoms with E-state index in [0.717, 1.165) is 37.6 Å². The van der Waals surface area contributed by atoms with Crippen molar-refractivity contribution in [2.45, 2.75) is 0 Å². The maximum absolute atomic E-state index is 5.42. The van der Waals surface area contributed by atoms with E-state index in [-0.39, 0.29) is 0 Å². The molecule has 0 bridgehead atoms. The van der Waals surface area contributed by atoms with Crippen LogP contribution in [0.15, 0.2) is 18.2 Å². The molecule has 5 heteroatoms. The average Bonchev–Trinajstić information content (AvgIpc) is 2.39. The maximum atomic E-state index is 5.42. The van der Waals surface area contributed by atoms with Gasteiger partial charge in [0.2, 0.25) is 0 Å². The number of benzene rings is 1. The molecular weight excluding hydrogens is 216 g/mol. The van der Waals surface area contributed by atoms with Crippen molar-refractivity contribution in [1.82, 2.24) is 4.90 Å². The third-order valence-electron chi connectivity index (χ3n) is 3.21. The molecule has 1 saturated heterocycles. The summed E-state index contributed by atoms with van der Waals surface area (Å²) in [4.78, 5) is 4.70. The summed E-state index contributed by atoms with van der Waals surface area (Å²) in [7, 11) is 3.81. The van der Waals surface area contributed by atoms with Gasteiger partial charge in [-0.1, -0.05) is 0 Å². The van der Waals surface area contributed by atoms with Crippen LogP contribution in [0.1, 0.15) is 0 Å². The van der Waals surface area contributed by atoms with E-state index < -0.39 is 0 Å². The lowest BCUT2D eigenvalue weighted by Gasteiger charge is -2.34. The predicted molar refractivity (Wildman–Crippen MR) is 70.5 cm³/mol. The Hall–Kier alpha value is -1.46. The summed E-state index contributed by atoms with van der Waals surface area (Å²) in [6.45, 7) is 4.29. The average molecular weight is 236 g/mol. The van der Waals surface area contributed by atoms with Crippen LogP contribution < -0.4 is 20.9 Å². The van der Waals surface area contributed by atoms with Crippen LogP contribution in [0.3, 0.4) is 0 Å². The summed E-state index contributed by atoms with van der Waals surface area (Å²) < 4.78 is 5.31. The number of hydrazine groups is 1. The van der Waals surface area contributed by atoms with Gasteiger partial charge in [-0.2, -0.15) is 0 Å². The van der Waals surface area contributed by atoms with Crippen molar-refractivity contribution in [3.05, 3.63) is 18.2 Å². The fraction of sp³-hybridized carbons (Fsp3) is 0.500. The molecule has 1 aliphatic heterocycles. The largest absolute Gasteiger partial charge is 0.494 e. The molecular formula is C12H20N4O. The van der Waals surface area contributed by atoms with E-state index in [4.69, 9.17) is 10.6 Å². The van der Waals surface area contributed by atoms with Gasteiger partial charge in [0.1, 0.15) is 5.75 Å². The Morgan fingerprint density at radius 2 is 1.94 bits per heavy atom. The number of methoxy groups -OCH3 is 1. The Bertz CT molecular complexity index is 375. The second kappa shape index (κ2) is 5.25. The minimum atomic E-state index is 0.781. The first-order chi connectivity index (χ1) is 8.24. The SMILES string of the molecule is COc1cc(N2CCN(C)CC2)ccc1NN. The van der Waals surface area contributed by atoms with Gasteiger partial charge in [-0.05, 0) is 19.2 Å². The van der Waals surface area contributed by atoms with Crippen molar-refractivity contribution in [2.75, 3.05) is 50.7 Å². The summed E-state index contributed by atoms with van der Waals surface area (Å²) in [5.74, 6) is 6.20. The van der Waals surface area contributed by atoms with Gasteiger partial charge in [0.05, 0.1) is 12.8 Å². The lowest BCUT2D eigenvalue weighted by molar-refractivity contribution is 0.312. The van der Waals surface area contributed by atoms with Crippen LogP contribution in [0, 0.1) is 0 Å². The van der Waals surface area contributed by atoms with Gasteiger partial charge in [0.25, 0.3) is 0 Å². The van der Waals surface area contributed by atoms with Crippen molar-refractivity contribution in [3.63, 3.8) is 0 Å². The molecule has 94 valence electrons. The fourth-order valence-electron chi connectivity index (χ4n) is 2.06. The van der Waals surface area contributed by atoms with Crippen LogP contribution in [0.2, 0.25) is 0 Å². The van der Waals surface area contributed by atoms with Crippen LogP contribution in [0.4, 0.5) is 11.4 Å². The molecule has 0 aromatic heterocycles. The van der Waals surface area contributed by atoms with Crippen molar-refractivity contribution in [2.24, 2.45) is 5.84 Å². The number of piperazine rings is 1. The highest BCUT2D eigenvalue weighted by atomic mass is 16.5. The van der Waals surface area contributed by atoms with Crippen LogP contribution in [-0.2, 0) is 0 Å². The zero-order valence-electron chi connectivity index (χ0n) is 10.4. The molecule has 5 nitrogen and oxygen atoms in total. The van der Waals surface area contributed by atoms with E-state index in [2.05, 4.69) is 28.3 Å². The summed E-state index contributed by atoms with van der Waals surface area (Å²) in [5, 5.41) is 0. The molecule has 0 saturated carbocycles. The van der Waals surface area contributed by atoms with Crippen LogP contribution >= 0.6 is 0 Å². The second-order valence-corrected chi connectivity index (χ2v) is 4.32. The molecule has 1 aromatic rings. The number of likely N-dealkylation sites (N-methyl/N-ethyl adjacent to an activating group) is 1. The van der Waals surface area contributed by atoms with Gasteiger partial charge in [0.15, 0.2) is 0 Å². The number of nitrogens with zero attached hydrogens (tertiary/aromatic N) is 2. The third-order valence-corrected chi connectivity index (χ3v) is 3.21. The molecule has 0 aliphatic carbocycles. The summed E-state index contributed by atoms with van der Waals surface area (Å²) in [6, 6.07) is 6.05. The van der Waals surface area contributed by atoms with Crippen LogP contribution in [0.5, 0.6) is 5.75 Å². The number of hydrogen-bond donors (Lipinski definition) is 2. The molecule has 0 amide bonds. The smallest absolute Gasteiger partial charge is 0.145 e. The van der Waals surface area contributed by atoms with Gasteiger partial charge in [-0.15, -0.1) is 0 Å². The van der Waals surface area contributed by atoms with Gasteiger partial charge < -0.3 is 20.0 Å². The Balaban J connectivity index is 2.16. The van der Waals surface area contributed by atoms with Crippen molar-refractivity contribution in [1.29, 1.82) is 0 Å². The predicted octanol–water partition coefficient (Wildman–Crippen LogP) is 0.733. The molecule has 0 radical (unpaired) electrons. The van der Waals surface area contributed by atoms with Gasteiger partial charge in [0, 0.05) is 37.9 Å². The second-order valence-electron chi connectivity index (χ2n) is 4.32. The molecule has 2 rings (SSSR count). The highest BCUT2D eigenvalue weighted by molar-refractivity contribution is 5.64. The quantitative estimate of drug-likeness (QED) is 0.598. The van der Waals surface area contributed by atoms with Crippen molar-refractivity contribution in [3.8, 4) is 5.75 Å².